The number of amides is 1. The predicted molar refractivity (Wildman–Crippen MR) is 161 cm³/mol. The Hall–Kier alpha value is -3.71. The number of nitrogens with zero attached hydrogens (tertiary/aromatic N) is 6. The Labute approximate surface area is 270 Å². The number of pyridine rings is 1. The van der Waals surface area contributed by atoms with Crippen LogP contribution < -0.4 is 5.32 Å². The number of anilines is 1. The first-order chi connectivity index (χ1) is 22.6. The molecule has 3 aliphatic rings. The highest BCUT2D eigenvalue weighted by molar-refractivity contribution is 7.13. The molecule has 4 aromatic heterocycles. The van der Waals surface area contributed by atoms with Crippen molar-refractivity contribution in [3.05, 3.63) is 53.6 Å². The summed E-state index contributed by atoms with van der Waals surface area (Å²) in [6.45, 7) is 2.01. The molecule has 6 unspecified atom stereocenters. The molecule has 2 aliphatic carbocycles. The summed E-state index contributed by atoms with van der Waals surface area (Å²) in [4.78, 5) is 21.6. The van der Waals surface area contributed by atoms with Crippen molar-refractivity contribution in [1.82, 2.24) is 29.5 Å². The molecule has 0 bridgehead atoms. The fraction of sp³-hybridized carbons (Fsp3) is 0.500. The Balaban J connectivity index is 1.11. The van der Waals surface area contributed by atoms with Crippen molar-refractivity contribution in [2.45, 2.75) is 74.9 Å². The largest absolute Gasteiger partial charge is 0.394 e. The lowest BCUT2D eigenvalue weighted by atomic mass is 9.62. The van der Waals surface area contributed by atoms with Gasteiger partial charge in [0.25, 0.3) is 5.91 Å². The lowest BCUT2D eigenvalue weighted by Gasteiger charge is -2.50. The Morgan fingerprint density at radius 2 is 1.94 bits per heavy atom. The SMILES string of the molecule is CCO[C@H]1CC[C@H](n2cc(NC(=O)c3csc(-c4cnn(C5OC(CO)C6(O)C(O)C(O)C56)c4)n3)c(-c3nc(F)ccc3F)n2)CC1. The molecule has 5 heterocycles. The number of rotatable bonds is 9. The molecule has 7 rings (SSSR count). The van der Waals surface area contributed by atoms with Crippen LogP contribution in [0.25, 0.3) is 22.0 Å². The Morgan fingerprint density at radius 1 is 1.15 bits per heavy atom. The van der Waals surface area contributed by atoms with E-state index in [9.17, 15) is 34.0 Å². The van der Waals surface area contributed by atoms with Crippen LogP contribution >= 0.6 is 11.3 Å². The fourth-order valence-electron chi connectivity index (χ4n) is 6.83. The molecule has 17 heteroatoms. The first-order valence-corrected chi connectivity index (χ1v) is 16.2. The van der Waals surface area contributed by atoms with E-state index in [0.29, 0.717) is 17.2 Å². The highest BCUT2D eigenvalue weighted by Crippen LogP contribution is 2.54. The second kappa shape index (κ2) is 12.4. The topological polar surface area (TPSA) is 190 Å². The van der Waals surface area contributed by atoms with Crippen molar-refractivity contribution in [2.75, 3.05) is 18.5 Å². The van der Waals surface area contributed by atoms with Crippen LogP contribution in [0.3, 0.4) is 0 Å². The van der Waals surface area contributed by atoms with Crippen molar-refractivity contribution in [1.29, 1.82) is 0 Å². The molecular weight excluding hydrogens is 640 g/mol. The van der Waals surface area contributed by atoms with Crippen LogP contribution in [0, 0.1) is 17.7 Å². The van der Waals surface area contributed by atoms with Crippen molar-refractivity contribution in [2.24, 2.45) is 5.92 Å². The fourth-order valence-corrected chi connectivity index (χ4v) is 7.60. The second-order valence-electron chi connectivity index (χ2n) is 12.0. The summed E-state index contributed by atoms with van der Waals surface area (Å²) in [6, 6.07) is 1.83. The molecule has 1 amide bonds. The number of hydrogen-bond acceptors (Lipinski definition) is 12. The van der Waals surface area contributed by atoms with Gasteiger partial charge in [0.1, 0.15) is 39.9 Å². The van der Waals surface area contributed by atoms with Crippen LogP contribution in [0.5, 0.6) is 0 Å². The number of nitrogens with one attached hydrogen (secondary N) is 1. The van der Waals surface area contributed by atoms with Crippen molar-refractivity contribution < 1.29 is 43.5 Å². The van der Waals surface area contributed by atoms with Gasteiger partial charge in [0, 0.05) is 29.9 Å². The minimum atomic E-state index is -1.82. The third kappa shape index (κ3) is 5.44. The molecule has 250 valence electrons. The lowest BCUT2D eigenvalue weighted by Crippen LogP contribution is -2.72. The normalized spacial score (nSPS) is 30.2. The first kappa shape index (κ1) is 31.9. The average molecular weight is 674 g/mol. The number of hydrogen-bond donors (Lipinski definition) is 5. The summed E-state index contributed by atoms with van der Waals surface area (Å²) in [5.41, 5.74) is -1.47. The molecule has 4 aromatic rings. The van der Waals surface area contributed by atoms with Crippen LogP contribution in [0.15, 0.2) is 36.1 Å². The van der Waals surface area contributed by atoms with Gasteiger partial charge >= 0.3 is 0 Å². The molecule has 2 saturated carbocycles. The maximum absolute atomic E-state index is 14.9. The van der Waals surface area contributed by atoms with Gasteiger partial charge in [0.15, 0.2) is 12.0 Å². The van der Waals surface area contributed by atoms with Gasteiger partial charge in [-0.2, -0.15) is 14.6 Å². The zero-order chi connectivity index (χ0) is 33.0. The van der Waals surface area contributed by atoms with E-state index in [1.54, 1.807) is 17.1 Å². The number of ether oxygens (including phenoxy) is 2. The average Bonchev–Trinajstić information content (AvgIpc) is 3.87. The first-order valence-electron chi connectivity index (χ1n) is 15.3. The molecule has 0 radical (unpaired) electrons. The Bertz CT molecular complexity index is 1780. The number of fused-ring (bicyclic) bond motifs is 1. The number of halogens is 2. The maximum atomic E-state index is 14.9. The van der Waals surface area contributed by atoms with Crippen LogP contribution in [-0.4, -0.2) is 99.1 Å². The van der Waals surface area contributed by atoms with Crippen LogP contribution in [0.1, 0.15) is 55.4 Å². The molecule has 0 spiro atoms. The lowest BCUT2D eigenvalue weighted by molar-refractivity contribution is -0.261. The monoisotopic (exact) mass is 673 g/mol. The van der Waals surface area contributed by atoms with Crippen LogP contribution in [-0.2, 0) is 9.47 Å². The number of carbonyl (C=O) groups is 1. The smallest absolute Gasteiger partial charge is 0.275 e. The van der Waals surface area contributed by atoms with E-state index in [-0.39, 0.29) is 34.9 Å². The highest BCUT2D eigenvalue weighted by atomic mass is 32.1. The molecule has 3 fully saturated rings. The van der Waals surface area contributed by atoms with Gasteiger partial charge in [0.05, 0.1) is 42.7 Å². The van der Waals surface area contributed by atoms with Crippen LogP contribution in [0.4, 0.5) is 14.5 Å². The predicted octanol–water partition coefficient (Wildman–Crippen LogP) is 2.29. The molecule has 1 saturated heterocycles. The third-order valence-corrected chi connectivity index (χ3v) is 10.2. The van der Waals surface area contributed by atoms with Crippen molar-refractivity contribution in [3.8, 4) is 22.0 Å². The van der Waals surface area contributed by atoms with Gasteiger partial charge < -0.3 is 35.2 Å². The summed E-state index contributed by atoms with van der Waals surface area (Å²) in [6.07, 6.45) is 3.10. The van der Waals surface area contributed by atoms with E-state index < -0.39 is 60.3 Å². The van der Waals surface area contributed by atoms with Gasteiger partial charge in [-0.15, -0.1) is 11.3 Å². The molecular formula is C30H33F2N7O7S. The number of thiazole rings is 1. The quantitative estimate of drug-likeness (QED) is 0.164. The van der Waals surface area contributed by atoms with Gasteiger partial charge in [-0.1, -0.05) is 0 Å². The number of aromatic nitrogens is 6. The number of aliphatic hydroxyl groups is 4. The maximum Gasteiger partial charge on any atom is 0.275 e. The van der Waals surface area contributed by atoms with E-state index in [4.69, 9.17) is 9.47 Å². The van der Waals surface area contributed by atoms with Gasteiger partial charge in [-0.25, -0.2) is 19.0 Å². The number of carbonyl (C=O) groups excluding carboxylic acids is 1. The zero-order valence-corrected chi connectivity index (χ0v) is 25.9. The Kier molecular flexibility index (Phi) is 8.40. The zero-order valence-electron chi connectivity index (χ0n) is 25.1. The summed E-state index contributed by atoms with van der Waals surface area (Å²) < 4.78 is 43.4. The third-order valence-electron chi connectivity index (χ3n) is 9.27. The molecule has 6 atom stereocenters. The van der Waals surface area contributed by atoms with E-state index >= 15 is 0 Å². The highest BCUT2D eigenvalue weighted by Gasteiger charge is 2.72. The summed E-state index contributed by atoms with van der Waals surface area (Å²) in [7, 11) is 0. The second-order valence-corrected chi connectivity index (χ2v) is 12.8. The van der Waals surface area contributed by atoms with E-state index in [1.807, 2.05) is 6.92 Å². The van der Waals surface area contributed by atoms with Crippen LogP contribution in [0.2, 0.25) is 0 Å². The minimum Gasteiger partial charge on any atom is -0.394 e. The van der Waals surface area contributed by atoms with E-state index in [0.717, 1.165) is 49.2 Å². The number of aliphatic hydroxyl groups excluding tert-OH is 3. The van der Waals surface area contributed by atoms with E-state index in [1.165, 1.54) is 16.3 Å². The van der Waals surface area contributed by atoms with E-state index in [2.05, 4.69) is 25.5 Å². The standard InChI is InChI=1S/C30H33F2N7O7S/c1-2-45-16-5-3-15(4-6-16)38-11-18(24(37-38)23-17(31)7-8-21(32)36-23)34-27(43)19-13-47-28(35-19)14-9-33-39(10-14)29-22-25(41)26(42)30(22,44)20(12-40)46-29/h7-11,13,15-16,20,22,25-26,29,40-42,44H,2-6,12H2,1H3,(H,34,43)/t15-,16-,20?,22?,25?,26?,29?,30?. The van der Waals surface area contributed by atoms with Crippen molar-refractivity contribution in [3.63, 3.8) is 0 Å². The molecule has 0 aromatic carbocycles. The van der Waals surface area contributed by atoms with Gasteiger partial charge in [0.2, 0.25) is 5.95 Å². The van der Waals surface area contributed by atoms with Gasteiger partial charge in [-0.05, 0) is 44.7 Å². The Morgan fingerprint density at radius 3 is 2.68 bits per heavy atom. The summed E-state index contributed by atoms with van der Waals surface area (Å²) in [5.74, 6) is -3.22. The minimum absolute atomic E-state index is 0.0139. The molecule has 5 N–H and O–H groups in total. The molecule has 47 heavy (non-hydrogen) atoms. The van der Waals surface area contributed by atoms with Crippen molar-refractivity contribution >= 4 is 22.9 Å². The van der Waals surface area contributed by atoms with Gasteiger partial charge in [-0.3, -0.25) is 9.48 Å². The molecule has 1 aliphatic heterocycles. The molecule has 14 nitrogen and oxygen atoms in total. The summed E-state index contributed by atoms with van der Waals surface area (Å²) >= 11 is 1.16. The summed E-state index contributed by atoms with van der Waals surface area (Å²) in [5, 5.41) is 54.5.